The highest BCUT2D eigenvalue weighted by molar-refractivity contribution is 6.39. The molecule has 0 aliphatic carbocycles. The second kappa shape index (κ2) is 7.65. The van der Waals surface area contributed by atoms with E-state index in [2.05, 4.69) is 10.6 Å². The molecule has 2 aromatic rings. The van der Waals surface area contributed by atoms with Gasteiger partial charge in [0.05, 0.1) is 13.2 Å². The summed E-state index contributed by atoms with van der Waals surface area (Å²) in [5.41, 5.74) is 1.26. The van der Waals surface area contributed by atoms with Crippen molar-refractivity contribution in [1.29, 1.82) is 0 Å². The summed E-state index contributed by atoms with van der Waals surface area (Å²) in [7, 11) is 1.48. The van der Waals surface area contributed by atoms with Crippen molar-refractivity contribution >= 4 is 17.5 Å². The van der Waals surface area contributed by atoms with Crippen LogP contribution in [0.1, 0.15) is 24.1 Å². The first-order valence-corrected chi connectivity index (χ1v) is 7.56. The number of phenols is 1. The van der Waals surface area contributed by atoms with E-state index in [1.165, 1.54) is 31.4 Å². The second-order valence-electron chi connectivity index (χ2n) is 5.53. The largest absolute Gasteiger partial charge is 0.508 e. The average Bonchev–Trinajstić information content (AvgIpc) is 2.57. The lowest BCUT2D eigenvalue weighted by Crippen LogP contribution is -2.37. The van der Waals surface area contributed by atoms with Gasteiger partial charge in [-0.1, -0.05) is 0 Å². The Labute approximate surface area is 144 Å². The summed E-state index contributed by atoms with van der Waals surface area (Å²) in [4.78, 5) is 24.1. The number of aromatic hydroxyl groups is 1. The molecule has 0 radical (unpaired) electrons. The van der Waals surface area contributed by atoms with Crippen LogP contribution in [0.15, 0.2) is 36.4 Å². The van der Waals surface area contributed by atoms with Gasteiger partial charge in [-0.3, -0.25) is 9.59 Å². The number of nitrogens with one attached hydrogen (secondary N) is 2. The molecule has 2 aromatic carbocycles. The van der Waals surface area contributed by atoms with Gasteiger partial charge in [0.25, 0.3) is 0 Å². The Morgan fingerprint density at radius 3 is 2.52 bits per heavy atom. The number of ether oxygens (including phenoxy) is 1. The number of phenolic OH excluding ortho intramolecular Hbond substituents is 1. The minimum Gasteiger partial charge on any atom is -0.508 e. The number of hydrogen-bond acceptors (Lipinski definition) is 4. The fourth-order valence-corrected chi connectivity index (χ4v) is 2.29. The summed E-state index contributed by atoms with van der Waals surface area (Å²) in [5.74, 6) is -1.70. The van der Waals surface area contributed by atoms with Gasteiger partial charge in [-0.2, -0.15) is 0 Å². The van der Waals surface area contributed by atoms with Crippen molar-refractivity contribution < 1.29 is 23.8 Å². The van der Waals surface area contributed by atoms with Crippen LogP contribution < -0.4 is 15.4 Å². The monoisotopic (exact) mass is 346 g/mol. The zero-order valence-corrected chi connectivity index (χ0v) is 14.1. The summed E-state index contributed by atoms with van der Waals surface area (Å²) in [5, 5.41) is 14.8. The molecule has 25 heavy (non-hydrogen) atoms. The van der Waals surface area contributed by atoms with E-state index < -0.39 is 23.7 Å². The summed E-state index contributed by atoms with van der Waals surface area (Å²) < 4.78 is 18.2. The molecule has 0 saturated carbocycles. The Bertz CT molecular complexity index is 808. The van der Waals surface area contributed by atoms with Crippen molar-refractivity contribution in [2.24, 2.45) is 0 Å². The molecular weight excluding hydrogens is 327 g/mol. The van der Waals surface area contributed by atoms with Gasteiger partial charge in [0.1, 0.15) is 17.3 Å². The summed E-state index contributed by atoms with van der Waals surface area (Å²) in [6.07, 6.45) is 0. The number of aryl methyl sites for hydroxylation is 1. The van der Waals surface area contributed by atoms with Crippen LogP contribution >= 0.6 is 0 Å². The molecule has 0 bridgehead atoms. The highest BCUT2D eigenvalue weighted by Gasteiger charge is 2.20. The van der Waals surface area contributed by atoms with E-state index in [1.54, 1.807) is 26.0 Å². The standard InChI is InChI=1S/C18H19FN2O4/c1-10-8-12(19)4-6-15(10)21-18(24)17(23)20-11(2)14-9-13(25-3)5-7-16(14)22/h4-9,11,22H,1-3H3,(H,20,23)(H,21,24)/t11-/m0/s1. The highest BCUT2D eigenvalue weighted by atomic mass is 19.1. The van der Waals surface area contributed by atoms with Gasteiger partial charge in [-0.25, -0.2) is 4.39 Å². The lowest BCUT2D eigenvalue weighted by Gasteiger charge is -2.16. The van der Waals surface area contributed by atoms with Crippen molar-refractivity contribution in [3.05, 3.63) is 53.3 Å². The second-order valence-corrected chi connectivity index (χ2v) is 5.53. The molecule has 0 saturated heterocycles. The summed E-state index contributed by atoms with van der Waals surface area (Å²) in [6, 6.07) is 7.80. The van der Waals surface area contributed by atoms with E-state index >= 15 is 0 Å². The molecule has 132 valence electrons. The van der Waals surface area contributed by atoms with Crippen molar-refractivity contribution in [3.63, 3.8) is 0 Å². The smallest absolute Gasteiger partial charge is 0.313 e. The normalized spacial score (nSPS) is 11.5. The van der Waals surface area contributed by atoms with Crippen LogP contribution in [0.25, 0.3) is 0 Å². The van der Waals surface area contributed by atoms with E-state index in [0.717, 1.165) is 0 Å². The number of amides is 2. The van der Waals surface area contributed by atoms with E-state index in [0.29, 0.717) is 22.6 Å². The fourth-order valence-electron chi connectivity index (χ4n) is 2.29. The van der Waals surface area contributed by atoms with E-state index in [1.807, 2.05) is 0 Å². The molecule has 0 heterocycles. The molecule has 0 aromatic heterocycles. The number of hydrogen-bond donors (Lipinski definition) is 3. The molecule has 2 rings (SSSR count). The lowest BCUT2D eigenvalue weighted by molar-refractivity contribution is -0.136. The van der Waals surface area contributed by atoms with Gasteiger partial charge in [-0.15, -0.1) is 0 Å². The predicted octanol–water partition coefficient (Wildman–Crippen LogP) is 2.66. The Morgan fingerprint density at radius 2 is 1.88 bits per heavy atom. The van der Waals surface area contributed by atoms with Crippen molar-refractivity contribution in [2.45, 2.75) is 19.9 Å². The lowest BCUT2D eigenvalue weighted by atomic mass is 10.1. The van der Waals surface area contributed by atoms with Crippen LogP contribution in [-0.2, 0) is 9.59 Å². The molecule has 7 heteroatoms. The van der Waals surface area contributed by atoms with Gasteiger partial charge < -0.3 is 20.5 Å². The molecule has 6 nitrogen and oxygen atoms in total. The molecule has 0 fully saturated rings. The van der Waals surface area contributed by atoms with Crippen molar-refractivity contribution in [3.8, 4) is 11.5 Å². The van der Waals surface area contributed by atoms with Crippen molar-refractivity contribution in [1.82, 2.24) is 5.32 Å². The van der Waals surface area contributed by atoms with Crippen LogP contribution in [0.3, 0.4) is 0 Å². The SMILES string of the molecule is COc1ccc(O)c([C@H](C)NC(=O)C(=O)Nc2ccc(F)cc2C)c1. The summed E-state index contributed by atoms with van der Waals surface area (Å²) in [6.45, 7) is 3.25. The summed E-state index contributed by atoms with van der Waals surface area (Å²) >= 11 is 0. The Hall–Kier alpha value is -3.09. The number of carbonyl (C=O) groups is 2. The Balaban J connectivity index is 2.06. The van der Waals surface area contributed by atoms with Gasteiger partial charge in [0.2, 0.25) is 0 Å². The number of rotatable bonds is 4. The molecule has 0 unspecified atom stereocenters. The van der Waals surface area contributed by atoms with E-state index in [-0.39, 0.29) is 5.75 Å². The number of anilines is 1. The van der Waals surface area contributed by atoms with Gasteiger partial charge >= 0.3 is 11.8 Å². The molecule has 2 amide bonds. The number of halogens is 1. The van der Waals surface area contributed by atoms with Gasteiger partial charge in [-0.05, 0) is 55.8 Å². The third-order valence-electron chi connectivity index (χ3n) is 3.69. The maximum Gasteiger partial charge on any atom is 0.313 e. The minimum atomic E-state index is -0.885. The number of carbonyl (C=O) groups excluding carboxylic acids is 2. The topological polar surface area (TPSA) is 87.7 Å². The highest BCUT2D eigenvalue weighted by Crippen LogP contribution is 2.28. The Kier molecular flexibility index (Phi) is 5.59. The fraction of sp³-hybridized carbons (Fsp3) is 0.222. The maximum absolute atomic E-state index is 13.1. The first-order chi connectivity index (χ1) is 11.8. The zero-order valence-electron chi connectivity index (χ0n) is 14.1. The molecule has 0 spiro atoms. The molecule has 0 aliphatic heterocycles. The molecule has 0 aliphatic rings. The van der Waals surface area contributed by atoms with E-state index in [9.17, 15) is 19.1 Å². The third-order valence-corrected chi connectivity index (χ3v) is 3.69. The van der Waals surface area contributed by atoms with Crippen LogP contribution in [0, 0.1) is 12.7 Å². The average molecular weight is 346 g/mol. The molecule has 3 N–H and O–H groups in total. The van der Waals surface area contributed by atoms with Crippen molar-refractivity contribution in [2.75, 3.05) is 12.4 Å². The van der Waals surface area contributed by atoms with Crippen LogP contribution in [0.5, 0.6) is 11.5 Å². The van der Waals surface area contributed by atoms with Crippen LogP contribution in [0.2, 0.25) is 0 Å². The first-order valence-electron chi connectivity index (χ1n) is 7.56. The first kappa shape index (κ1) is 18.3. The van der Waals surface area contributed by atoms with E-state index in [4.69, 9.17) is 4.74 Å². The number of benzene rings is 2. The predicted molar refractivity (Wildman–Crippen MR) is 91.0 cm³/mol. The quantitative estimate of drug-likeness (QED) is 0.743. The minimum absolute atomic E-state index is 0.0246. The van der Waals surface area contributed by atoms with Crippen LogP contribution in [0.4, 0.5) is 10.1 Å². The third kappa shape index (κ3) is 4.47. The molecule has 1 atom stereocenters. The Morgan fingerprint density at radius 1 is 1.16 bits per heavy atom. The molecular formula is C18H19FN2O4. The van der Waals surface area contributed by atoms with Gasteiger partial charge in [0, 0.05) is 11.3 Å². The van der Waals surface area contributed by atoms with Crippen LogP contribution in [-0.4, -0.2) is 24.0 Å². The maximum atomic E-state index is 13.1. The number of methoxy groups -OCH3 is 1. The van der Waals surface area contributed by atoms with Gasteiger partial charge in [0.15, 0.2) is 0 Å². The zero-order chi connectivity index (χ0) is 18.6.